The number of primary amides is 1. The lowest BCUT2D eigenvalue weighted by atomic mass is 9.85. The SMILES string of the molecule is N#C[C@@H]1CN(CC2CCC2)CCN1/C=C(\C(=N)Nc1ccc(F)cc1)C(N)=O. The van der Waals surface area contributed by atoms with Crippen LogP contribution >= 0.6 is 0 Å². The summed E-state index contributed by atoms with van der Waals surface area (Å²) in [4.78, 5) is 16.0. The molecule has 1 aliphatic heterocycles. The molecule has 8 heteroatoms. The summed E-state index contributed by atoms with van der Waals surface area (Å²) in [6.45, 7) is 3.01. The number of piperazine rings is 1. The predicted molar refractivity (Wildman–Crippen MR) is 105 cm³/mol. The lowest BCUT2D eigenvalue weighted by Gasteiger charge is -2.40. The average molecular weight is 384 g/mol. The number of benzene rings is 1. The summed E-state index contributed by atoms with van der Waals surface area (Å²) in [5, 5.41) is 20.5. The van der Waals surface area contributed by atoms with E-state index < -0.39 is 11.9 Å². The van der Waals surface area contributed by atoms with Gasteiger partial charge in [0.05, 0.1) is 11.6 Å². The van der Waals surface area contributed by atoms with Crippen LogP contribution < -0.4 is 11.1 Å². The second-order valence-electron chi connectivity index (χ2n) is 7.35. The maximum absolute atomic E-state index is 13.0. The standard InChI is InChI=1S/C20H25FN6O/c21-15-4-6-16(7-5-15)25-19(23)18(20(24)28)13-27-9-8-26(12-17(27)10-22)11-14-2-1-3-14/h4-7,13-14,17H,1-3,8-9,11-12H2,(H2,23,25)(H2,24,28)/b18-13+/t17-/m1/s1. The van der Waals surface area contributed by atoms with Crippen LogP contribution in [0.4, 0.5) is 10.1 Å². The summed E-state index contributed by atoms with van der Waals surface area (Å²) < 4.78 is 13.0. The van der Waals surface area contributed by atoms with Crippen molar-refractivity contribution < 1.29 is 9.18 Å². The third-order valence-electron chi connectivity index (χ3n) is 5.34. The monoisotopic (exact) mass is 384 g/mol. The van der Waals surface area contributed by atoms with E-state index >= 15 is 0 Å². The summed E-state index contributed by atoms with van der Waals surface area (Å²) >= 11 is 0. The Morgan fingerprint density at radius 3 is 2.64 bits per heavy atom. The predicted octanol–water partition coefficient (Wildman–Crippen LogP) is 1.89. The molecule has 1 atom stereocenters. The van der Waals surface area contributed by atoms with Gasteiger partial charge in [-0.25, -0.2) is 4.39 Å². The van der Waals surface area contributed by atoms with Gasteiger partial charge in [0.15, 0.2) is 0 Å². The summed E-state index contributed by atoms with van der Waals surface area (Å²) in [5.74, 6) is -0.601. The maximum Gasteiger partial charge on any atom is 0.253 e. The van der Waals surface area contributed by atoms with Gasteiger partial charge in [-0.3, -0.25) is 15.1 Å². The van der Waals surface area contributed by atoms with Crippen molar-refractivity contribution in [1.29, 1.82) is 10.7 Å². The van der Waals surface area contributed by atoms with Crippen molar-refractivity contribution in [1.82, 2.24) is 9.80 Å². The minimum absolute atomic E-state index is 0.0167. The highest BCUT2D eigenvalue weighted by Gasteiger charge is 2.29. The number of hydrogen-bond acceptors (Lipinski definition) is 5. The molecule has 1 amide bonds. The van der Waals surface area contributed by atoms with Gasteiger partial charge in [-0.15, -0.1) is 0 Å². The van der Waals surface area contributed by atoms with Crippen molar-refractivity contribution in [3.8, 4) is 6.07 Å². The maximum atomic E-state index is 13.0. The number of amidine groups is 1. The van der Waals surface area contributed by atoms with Gasteiger partial charge in [0.1, 0.15) is 17.7 Å². The van der Waals surface area contributed by atoms with Crippen LogP contribution in [0.15, 0.2) is 36.0 Å². The second kappa shape index (κ2) is 8.85. The molecular formula is C20H25FN6O. The van der Waals surface area contributed by atoms with Crippen molar-refractivity contribution in [2.24, 2.45) is 11.7 Å². The first-order valence-corrected chi connectivity index (χ1v) is 9.47. The third-order valence-corrected chi connectivity index (χ3v) is 5.34. The zero-order chi connectivity index (χ0) is 20.1. The van der Waals surface area contributed by atoms with E-state index in [1.54, 1.807) is 4.90 Å². The van der Waals surface area contributed by atoms with Crippen LogP contribution in [0.2, 0.25) is 0 Å². The summed E-state index contributed by atoms with van der Waals surface area (Å²) in [5.41, 5.74) is 5.93. The molecule has 0 spiro atoms. The molecule has 1 heterocycles. The van der Waals surface area contributed by atoms with Crippen LogP contribution in [0.1, 0.15) is 19.3 Å². The topological polar surface area (TPSA) is 109 Å². The van der Waals surface area contributed by atoms with Gasteiger partial charge in [-0.2, -0.15) is 5.26 Å². The number of nitrogens with one attached hydrogen (secondary N) is 2. The van der Waals surface area contributed by atoms with Crippen molar-refractivity contribution in [3.05, 3.63) is 41.9 Å². The zero-order valence-electron chi connectivity index (χ0n) is 15.7. The summed E-state index contributed by atoms with van der Waals surface area (Å²) in [6.07, 6.45) is 5.31. The summed E-state index contributed by atoms with van der Waals surface area (Å²) in [7, 11) is 0. The number of anilines is 1. The van der Waals surface area contributed by atoms with Crippen molar-refractivity contribution in [3.63, 3.8) is 0 Å². The van der Waals surface area contributed by atoms with Gasteiger partial charge in [-0.1, -0.05) is 6.42 Å². The largest absolute Gasteiger partial charge is 0.365 e. The quantitative estimate of drug-likeness (QED) is 0.394. The number of nitrogens with zero attached hydrogens (tertiary/aromatic N) is 3. The molecule has 1 saturated heterocycles. The van der Waals surface area contributed by atoms with E-state index in [1.807, 2.05) is 0 Å². The Labute approximate surface area is 164 Å². The number of hydrogen-bond donors (Lipinski definition) is 3. The number of rotatable bonds is 6. The van der Waals surface area contributed by atoms with Crippen LogP contribution in [0, 0.1) is 28.5 Å². The number of carbonyl (C=O) groups excluding carboxylic acids is 1. The van der Waals surface area contributed by atoms with Crippen LogP contribution in [0.25, 0.3) is 0 Å². The van der Waals surface area contributed by atoms with Gasteiger partial charge >= 0.3 is 0 Å². The van der Waals surface area contributed by atoms with E-state index in [9.17, 15) is 14.4 Å². The van der Waals surface area contributed by atoms with Crippen LogP contribution in [-0.4, -0.2) is 53.8 Å². The minimum atomic E-state index is -0.756. The molecule has 1 aromatic rings. The number of halogens is 1. The molecule has 148 valence electrons. The van der Waals surface area contributed by atoms with E-state index in [2.05, 4.69) is 16.3 Å². The summed E-state index contributed by atoms with van der Waals surface area (Å²) in [6, 6.07) is 7.35. The Kier molecular flexibility index (Phi) is 6.26. The second-order valence-corrected chi connectivity index (χ2v) is 7.35. The first-order valence-electron chi connectivity index (χ1n) is 9.47. The minimum Gasteiger partial charge on any atom is -0.365 e. The fourth-order valence-corrected chi connectivity index (χ4v) is 3.49. The molecule has 1 aliphatic carbocycles. The van der Waals surface area contributed by atoms with Gasteiger partial charge in [-0.05, 0) is 43.0 Å². The van der Waals surface area contributed by atoms with Gasteiger partial charge in [0.25, 0.3) is 5.91 Å². The molecule has 0 radical (unpaired) electrons. The molecule has 0 aromatic heterocycles. The molecule has 4 N–H and O–H groups in total. The Bertz CT molecular complexity index is 796. The van der Waals surface area contributed by atoms with Gasteiger partial charge in [0.2, 0.25) is 0 Å². The van der Waals surface area contributed by atoms with E-state index in [0.29, 0.717) is 18.8 Å². The van der Waals surface area contributed by atoms with E-state index in [0.717, 1.165) is 19.0 Å². The lowest BCUT2D eigenvalue weighted by Crippen LogP contribution is -2.52. The molecule has 0 bridgehead atoms. The van der Waals surface area contributed by atoms with Crippen molar-refractivity contribution in [2.45, 2.75) is 25.3 Å². The smallest absolute Gasteiger partial charge is 0.253 e. The van der Waals surface area contributed by atoms with Crippen LogP contribution in [0.5, 0.6) is 0 Å². The highest BCUT2D eigenvalue weighted by atomic mass is 19.1. The molecular weight excluding hydrogens is 359 g/mol. The fraction of sp³-hybridized carbons (Fsp3) is 0.450. The first-order chi connectivity index (χ1) is 13.5. The van der Waals surface area contributed by atoms with Gasteiger partial charge < -0.3 is 16.0 Å². The molecule has 2 fully saturated rings. The Balaban J connectivity index is 1.68. The Morgan fingerprint density at radius 1 is 1.36 bits per heavy atom. The highest BCUT2D eigenvalue weighted by Crippen LogP contribution is 2.28. The van der Waals surface area contributed by atoms with Gasteiger partial charge in [0, 0.05) is 38.1 Å². The highest BCUT2D eigenvalue weighted by molar-refractivity contribution is 6.23. The number of carbonyl (C=O) groups is 1. The van der Waals surface area contributed by atoms with E-state index in [4.69, 9.17) is 11.1 Å². The fourth-order valence-electron chi connectivity index (χ4n) is 3.49. The number of amides is 1. The Hall–Kier alpha value is -2.92. The van der Waals surface area contributed by atoms with Crippen molar-refractivity contribution >= 4 is 17.4 Å². The normalized spacial score (nSPS) is 20.9. The average Bonchev–Trinajstić information content (AvgIpc) is 2.64. The first kappa shape index (κ1) is 19.8. The molecule has 0 unspecified atom stereocenters. The lowest BCUT2D eigenvalue weighted by molar-refractivity contribution is -0.114. The molecule has 1 aromatic carbocycles. The molecule has 2 aliphatic rings. The third kappa shape index (κ3) is 4.87. The zero-order valence-corrected chi connectivity index (χ0v) is 15.7. The molecule has 28 heavy (non-hydrogen) atoms. The number of nitriles is 1. The van der Waals surface area contributed by atoms with E-state index in [-0.39, 0.29) is 17.2 Å². The Morgan fingerprint density at radius 2 is 2.07 bits per heavy atom. The van der Waals surface area contributed by atoms with Crippen LogP contribution in [0.3, 0.4) is 0 Å². The molecule has 1 saturated carbocycles. The van der Waals surface area contributed by atoms with Crippen molar-refractivity contribution in [2.75, 3.05) is 31.5 Å². The van der Waals surface area contributed by atoms with Crippen LogP contribution in [-0.2, 0) is 4.79 Å². The number of nitrogens with two attached hydrogens (primary N) is 1. The van der Waals surface area contributed by atoms with E-state index in [1.165, 1.54) is 49.7 Å². The molecule has 3 rings (SSSR count). The molecule has 7 nitrogen and oxygen atoms in total.